The van der Waals surface area contributed by atoms with Gasteiger partial charge in [0.15, 0.2) is 0 Å². The molecule has 0 aliphatic carbocycles. The van der Waals surface area contributed by atoms with E-state index in [1.807, 2.05) is 0 Å². The van der Waals surface area contributed by atoms with Crippen molar-refractivity contribution in [1.29, 1.82) is 0 Å². The van der Waals surface area contributed by atoms with Crippen LogP contribution in [-0.2, 0) is 4.74 Å². The summed E-state index contributed by atoms with van der Waals surface area (Å²) < 4.78 is 6.05. The Labute approximate surface area is 124 Å². The molecule has 0 aromatic heterocycles. The zero-order chi connectivity index (χ0) is 14.4. The number of fused-ring (bicyclic) bond motifs is 2. The van der Waals surface area contributed by atoms with Gasteiger partial charge >= 0.3 is 0 Å². The van der Waals surface area contributed by atoms with Gasteiger partial charge < -0.3 is 9.84 Å². The number of hydrogen-bond donors (Lipinski definition) is 1. The van der Waals surface area contributed by atoms with Crippen molar-refractivity contribution in [3.63, 3.8) is 0 Å². The second kappa shape index (κ2) is 8.35. The van der Waals surface area contributed by atoms with Crippen molar-refractivity contribution >= 4 is 0 Å². The van der Waals surface area contributed by atoms with Gasteiger partial charge in [0, 0.05) is 25.2 Å². The number of aliphatic hydroxyl groups is 1. The first kappa shape index (κ1) is 16.3. The fourth-order valence-electron chi connectivity index (χ4n) is 4.06. The second-order valence-corrected chi connectivity index (χ2v) is 6.67. The van der Waals surface area contributed by atoms with Gasteiger partial charge in [-0.25, -0.2) is 0 Å². The molecule has 2 fully saturated rings. The Balaban J connectivity index is 1.63. The largest absolute Gasteiger partial charge is 0.393 e. The van der Waals surface area contributed by atoms with Crippen molar-refractivity contribution in [1.82, 2.24) is 4.90 Å². The van der Waals surface area contributed by atoms with Crippen LogP contribution >= 0.6 is 0 Å². The Hall–Kier alpha value is -0.120. The van der Waals surface area contributed by atoms with Crippen LogP contribution in [0.15, 0.2) is 0 Å². The number of nitrogens with zero attached hydrogens (tertiary/aromatic N) is 1. The third kappa shape index (κ3) is 4.44. The van der Waals surface area contributed by atoms with Gasteiger partial charge in [-0.05, 0) is 44.9 Å². The second-order valence-electron chi connectivity index (χ2n) is 6.67. The average molecular weight is 283 g/mol. The van der Waals surface area contributed by atoms with E-state index in [-0.39, 0.29) is 6.10 Å². The number of rotatable bonds is 9. The van der Waals surface area contributed by atoms with Gasteiger partial charge in [0.2, 0.25) is 0 Å². The molecule has 1 N–H and O–H groups in total. The van der Waals surface area contributed by atoms with E-state index in [4.69, 9.17) is 4.74 Å². The first-order valence-corrected chi connectivity index (χ1v) is 8.80. The lowest BCUT2D eigenvalue weighted by Crippen LogP contribution is -2.45. The molecular formula is C17H33NO2. The molecule has 0 spiro atoms. The van der Waals surface area contributed by atoms with Gasteiger partial charge in [-0.15, -0.1) is 0 Å². The summed E-state index contributed by atoms with van der Waals surface area (Å²) in [5.74, 6) is 0. The first-order valence-electron chi connectivity index (χ1n) is 8.80. The van der Waals surface area contributed by atoms with Crippen molar-refractivity contribution in [2.24, 2.45) is 0 Å². The predicted octanol–water partition coefficient (Wildman–Crippen LogP) is 3.35. The summed E-state index contributed by atoms with van der Waals surface area (Å²) in [6, 6.07) is 1.29. The van der Waals surface area contributed by atoms with E-state index >= 15 is 0 Å². The maximum atomic E-state index is 9.82. The molecule has 0 amide bonds. The van der Waals surface area contributed by atoms with Crippen LogP contribution in [0.3, 0.4) is 0 Å². The molecule has 2 aliphatic rings. The zero-order valence-electron chi connectivity index (χ0n) is 13.4. The van der Waals surface area contributed by atoms with E-state index in [0.29, 0.717) is 18.2 Å². The lowest BCUT2D eigenvalue weighted by Gasteiger charge is -2.37. The SMILES string of the molecule is CCCC(CCC)OCCCN1[C@@H]2CC[C@H]1CC(O)C2. The molecule has 2 bridgehead atoms. The van der Waals surface area contributed by atoms with Crippen molar-refractivity contribution in [2.45, 2.75) is 95.9 Å². The summed E-state index contributed by atoms with van der Waals surface area (Å²) in [6.45, 7) is 6.54. The molecule has 118 valence electrons. The highest BCUT2D eigenvalue weighted by atomic mass is 16.5. The monoisotopic (exact) mass is 283 g/mol. The fourth-order valence-corrected chi connectivity index (χ4v) is 4.06. The van der Waals surface area contributed by atoms with E-state index in [0.717, 1.165) is 32.4 Å². The summed E-state index contributed by atoms with van der Waals surface area (Å²) in [5.41, 5.74) is 0. The number of aliphatic hydroxyl groups excluding tert-OH is 1. The van der Waals surface area contributed by atoms with Gasteiger partial charge in [-0.2, -0.15) is 0 Å². The first-order chi connectivity index (χ1) is 9.74. The summed E-state index contributed by atoms with van der Waals surface area (Å²) in [7, 11) is 0. The van der Waals surface area contributed by atoms with Gasteiger partial charge in [0.1, 0.15) is 0 Å². The molecule has 20 heavy (non-hydrogen) atoms. The van der Waals surface area contributed by atoms with Crippen LogP contribution in [0.1, 0.15) is 71.6 Å². The van der Waals surface area contributed by atoms with E-state index in [1.165, 1.54) is 38.5 Å². The molecule has 0 aromatic carbocycles. The summed E-state index contributed by atoms with van der Waals surface area (Å²) in [5, 5.41) is 9.82. The maximum Gasteiger partial charge on any atom is 0.0575 e. The molecule has 3 nitrogen and oxygen atoms in total. The van der Waals surface area contributed by atoms with E-state index in [9.17, 15) is 5.11 Å². The van der Waals surface area contributed by atoms with Crippen LogP contribution in [-0.4, -0.2) is 47.4 Å². The standard InChI is InChI=1S/C17H33NO2/c1-3-6-17(7-4-2)20-11-5-10-18-14-8-9-15(18)13-16(19)12-14/h14-17,19H,3-13H2,1-2H3/t14-,15+,16?. The average Bonchev–Trinajstić information content (AvgIpc) is 2.66. The lowest BCUT2D eigenvalue weighted by molar-refractivity contribution is 0.0130. The van der Waals surface area contributed by atoms with Crippen molar-refractivity contribution < 1.29 is 9.84 Å². The highest BCUT2D eigenvalue weighted by Gasteiger charge is 2.39. The third-order valence-electron chi connectivity index (χ3n) is 4.99. The normalized spacial score (nSPS) is 30.3. The molecule has 2 aliphatic heterocycles. The zero-order valence-corrected chi connectivity index (χ0v) is 13.4. The van der Waals surface area contributed by atoms with Crippen molar-refractivity contribution in [3.8, 4) is 0 Å². The van der Waals surface area contributed by atoms with E-state index in [1.54, 1.807) is 0 Å². The van der Waals surface area contributed by atoms with Crippen LogP contribution in [0.2, 0.25) is 0 Å². The minimum absolute atomic E-state index is 0.0431. The Kier molecular flexibility index (Phi) is 6.79. The van der Waals surface area contributed by atoms with Crippen LogP contribution < -0.4 is 0 Å². The molecule has 2 heterocycles. The fraction of sp³-hybridized carbons (Fsp3) is 1.00. The number of hydrogen-bond acceptors (Lipinski definition) is 3. The molecule has 2 rings (SSSR count). The maximum absolute atomic E-state index is 9.82. The van der Waals surface area contributed by atoms with Crippen LogP contribution in [0.25, 0.3) is 0 Å². The minimum atomic E-state index is -0.0431. The van der Waals surface area contributed by atoms with Crippen LogP contribution in [0, 0.1) is 0 Å². The molecular weight excluding hydrogens is 250 g/mol. The van der Waals surface area contributed by atoms with E-state index < -0.39 is 0 Å². The van der Waals surface area contributed by atoms with Gasteiger partial charge in [-0.1, -0.05) is 26.7 Å². The Morgan fingerprint density at radius 1 is 1.10 bits per heavy atom. The highest BCUT2D eigenvalue weighted by molar-refractivity contribution is 4.94. The van der Waals surface area contributed by atoms with Crippen LogP contribution in [0.5, 0.6) is 0 Å². The molecule has 3 atom stereocenters. The van der Waals surface area contributed by atoms with Crippen molar-refractivity contribution in [3.05, 3.63) is 0 Å². The molecule has 0 radical (unpaired) electrons. The van der Waals surface area contributed by atoms with Gasteiger partial charge in [0.05, 0.1) is 12.2 Å². The molecule has 1 unspecified atom stereocenters. The minimum Gasteiger partial charge on any atom is -0.393 e. The summed E-state index contributed by atoms with van der Waals surface area (Å²) >= 11 is 0. The summed E-state index contributed by atoms with van der Waals surface area (Å²) in [4.78, 5) is 2.64. The van der Waals surface area contributed by atoms with Crippen LogP contribution in [0.4, 0.5) is 0 Å². The predicted molar refractivity (Wildman–Crippen MR) is 82.9 cm³/mol. The Morgan fingerprint density at radius 2 is 1.70 bits per heavy atom. The van der Waals surface area contributed by atoms with Gasteiger partial charge in [-0.3, -0.25) is 4.90 Å². The quantitative estimate of drug-likeness (QED) is 0.659. The molecule has 0 aromatic rings. The number of ether oxygens (including phenoxy) is 1. The molecule has 2 saturated heterocycles. The highest BCUT2D eigenvalue weighted by Crippen LogP contribution is 2.35. The van der Waals surface area contributed by atoms with Crippen molar-refractivity contribution in [2.75, 3.05) is 13.2 Å². The Bertz CT molecular complexity index is 252. The van der Waals surface area contributed by atoms with Gasteiger partial charge in [0.25, 0.3) is 0 Å². The summed E-state index contributed by atoms with van der Waals surface area (Å²) in [6.07, 6.45) is 11.0. The number of piperidine rings is 1. The molecule has 3 heteroatoms. The topological polar surface area (TPSA) is 32.7 Å². The van der Waals surface area contributed by atoms with E-state index in [2.05, 4.69) is 18.7 Å². The lowest BCUT2D eigenvalue weighted by atomic mass is 10.00. The smallest absolute Gasteiger partial charge is 0.0575 e. The Morgan fingerprint density at radius 3 is 2.25 bits per heavy atom. The third-order valence-corrected chi connectivity index (χ3v) is 4.99. The molecule has 0 saturated carbocycles.